The van der Waals surface area contributed by atoms with Crippen molar-refractivity contribution in [3.05, 3.63) is 348 Å². The van der Waals surface area contributed by atoms with Gasteiger partial charge in [0.05, 0.1) is 21.5 Å². The second kappa shape index (κ2) is 35.1. The molecule has 9 nitrogen and oxygen atoms in total. The van der Waals surface area contributed by atoms with Crippen LogP contribution in [-0.4, -0.2) is 11.6 Å². The van der Waals surface area contributed by atoms with Crippen molar-refractivity contribution in [3.63, 3.8) is 0 Å². The summed E-state index contributed by atoms with van der Waals surface area (Å²) >= 11 is 6.60. The fourth-order valence-electron chi connectivity index (χ4n) is 10.6. The molecular weight excluding hydrogens is 1360 g/mol. The zero-order chi connectivity index (χ0) is 63.6. The molecule has 0 fully saturated rings. The van der Waals surface area contributed by atoms with Crippen LogP contribution in [0.25, 0.3) is 32.3 Å². The second-order valence-corrected chi connectivity index (χ2v) is 22.1. The minimum atomic E-state index is -0.574. The Morgan fingerprint density at radius 3 is 0.915 bits per heavy atom. The first kappa shape index (κ1) is 70.5. The van der Waals surface area contributed by atoms with E-state index in [1.165, 1.54) is 18.2 Å². The van der Waals surface area contributed by atoms with Crippen LogP contribution in [0.2, 0.25) is 0 Å². The van der Waals surface area contributed by atoms with Crippen molar-refractivity contribution in [2.45, 2.75) is 0 Å². The first-order valence-electron chi connectivity index (χ1n) is 29.1. The molecule has 0 saturated heterocycles. The predicted octanol–water partition coefficient (Wildman–Crippen LogP) is 16.6. The first-order valence-corrected chi connectivity index (χ1v) is 30.7. The first-order chi connectivity index (χ1) is 45.1. The van der Waals surface area contributed by atoms with Gasteiger partial charge in [0.25, 0.3) is 6.47 Å². The van der Waals surface area contributed by atoms with Crippen molar-refractivity contribution in [1.29, 1.82) is 0 Å². The standard InChI is InChI=1S/C50H35BrN2O2.C22H17NO.C6H3BrF2.CH2O3.2K.H/c51-50-48(54-42-32-36-18-13-15-28-44(36)46(34-42)52(38-20-5-1-6-21-38)39-22-7-2-8-23-39)30-17-31-49(50)55-43-33-37-19-14-16-29-45(37)47(35-43)53(40-24-9-3-10-25-40)41-26-11-4-12-27-41;24-20-15-17-9-7-8-14-21(17)22(16-20)23(18-10-3-1-4-11-18)19-12-5-2-6-13-19;7-6-4(8)2-1-3-5(6)9;2-1-4-3;;;/h1-35H;1-16,24H;1-3H;1,3H;;;/q;;;;2*+1;-1/p-1. The number of fused-ring (bicyclic) bond motifs is 3. The molecule has 15 heteroatoms. The van der Waals surface area contributed by atoms with Gasteiger partial charge in [0.15, 0.2) is 0 Å². The van der Waals surface area contributed by atoms with Crippen LogP contribution in [0.15, 0.2) is 337 Å². The number of rotatable bonds is 14. The van der Waals surface area contributed by atoms with Crippen LogP contribution < -0.4 is 132 Å². The molecule has 14 aromatic carbocycles. The number of benzene rings is 14. The number of nitrogens with zero attached hydrogens (tertiary/aromatic N) is 3. The molecule has 1 N–H and O–H groups in total. The van der Waals surface area contributed by atoms with Crippen molar-refractivity contribution in [2.75, 3.05) is 14.7 Å². The normalized spacial score (nSPS) is 10.3. The molecule has 0 atom stereocenters. The van der Waals surface area contributed by atoms with Crippen LogP contribution in [0.5, 0.6) is 28.7 Å². The average molecular weight is 1420 g/mol. The summed E-state index contributed by atoms with van der Waals surface area (Å²) in [6.07, 6.45) is 0. The van der Waals surface area contributed by atoms with Gasteiger partial charge in [0.1, 0.15) is 44.9 Å². The van der Waals surface area contributed by atoms with Gasteiger partial charge in [-0.05, 0) is 163 Å². The van der Waals surface area contributed by atoms with Crippen molar-refractivity contribution in [3.8, 4) is 28.7 Å². The van der Waals surface area contributed by atoms with E-state index >= 15 is 0 Å². The smallest absolute Gasteiger partial charge is 1.00 e. The molecule has 0 unspecified atom stereocenters. The maximum absolute atomic E-state index is 12.3. The van der Waals surface area contributed by atoms with E-state index in [-0.39, 0.29) is 121 Å². The third-order valence-corrected chi connectivity index (χ3v) is 16.1. The van der Waals surface area contributed by atoms with Gasteiger partial charge in [-0.15, -0.1) is 0 Å². The molecular formula is C79H57Br2F2K2N3O6. The largest absolute Gasteiger partial charge is 1.00 e. The number of aromatic hydroxyl groups is 1. The van der Waals surface area contributed by atoms with Crippen LogP contribution in [0.1, 0.15) is 1.43 Å². The molecule has 0 saturated carbocycles. The van der Waals surface area contributed by atoms with Gasteiger partial charge >= 0.3 is 103 Å². The van der Waals surface area contributed by atoms with Crippen LogP contribution in [0, 0.1) is 11.6 Å². The van der Waals surface area contributed by atoms with Crippen molar-refractivity contribution < 1.29 is 142 Å². The molecule has 0 radical (unpaired) electrons. The maximum Gasteiger partial charge on any atom is 1.00 e. The number of ether oxygens (including phenoxy) is 2. The fourth-order valence-corrected chi connectivity index (χ4v) is 11.3. The van der Waals surface area contributed by atoms with Crippen molar-refractivity contribution >= 4 is 122 Å². The number of carbonyl (C=O) groups excluding carboxylic acids is 1. The molecule has 0 aliphatic rings. The van der Waals surface area contributed by atoms with Crippen LogP contribution in [-0.2, 0) is 9.68 Å². The number of phenolic OH excluding ortho intramolecular Hbond substituents is 1. The number of phenols is 1. The quantitative estimate of drug-likeness (QED) is 0.0375. The topological polar surface area (TPSA) is 97.8 Å². The third kappa shape index (κ3) is 17.5. The van der Waals surface area contributed by atoms with Crippen molar-refractivity contribution in [2.24, 2.45) is 0 Å². The van der Waals surface area contributed by atoms with E-state index in [2.05, 4.69) is 252 Å². The summed E-state index contributed by atoms with van der Waals surface area (Å²) in [5.41, 5.74) is 9.32. The maximum atomic E-state index is 12.3. The van der Waals surface area contributed by atoms with Crippen LogP contribution in [0.3, 0.4) is 0 Å². The van der Waals surface area contributed by atoms with E-state index in [1.54, 1.807) is 6.07 Å². The molecule has 0 heterocycles. The van der Waals surface area contributed by atoms with Gasteiger partial charge in [-0.2, -0.15) is 0 Å². The number of halogens is 4. The van der Waals surface area contributed by atoms with Gasteiger partial charge in [0, 0.05) is 68.5 Å². The van der Waals surface area contributed by atoms with E-state index < -0.39 is 11.6 Å². The Balaban J connectivity index is 0.000000237. The Morgan fingerprint density at radius 1 is 0.351 bits per heavy atom. The van der Waals surface area contributed by atoms with E-state index in [1.807, 2.05) is 103 Å². The zero-order valence-corrected chi connectivity index (χ0v) is 60.5. The number of carbonyl (C=O) groups is 1. The van der Waals surface area contributed by atoms with Gasteiger partial charge < -0.3 is 40.9 Å². The average Bonchev–Trinajstić information content (AvgIpc) is 0.802. The van der Waals surface area contributed by atoms with E-state index in [4.69, 9.17) is 19.5 Å². The van der Waals surface area contributed by atoms with Gasteiger partial charge in [0.2, 0.25) is 0 Å². The van der Waals surface area contributed by atoms with Crippen molar-refractivity contribution in [1.82, 2.24) is 0 Å². The monoisotopic (exact) mass is 1420 g/mol. The van der Waals surface area contributed by atoms with Gasteiger partial charge in [-0.3, -0.25) is 4.79 Å². The Bertz CT molecular complexity index is 4440. The number of hydrogen-bond acceptors (Lipinski definition) is 9. The summed E-state index contributed by atoms with van der Waals surface area (Å²) in [7, 11) is 0. The Morgan fingerprint density at radius 2 is 0.617 bits per heavy atom. The summed E-state index contributed by atoms with van der Waals surface area (Å²) in [6.45, 7) is -0.181. The Hall–Kier alpha value is -7.82. The third-order valence-electron chi connectivity index (χ3n) is 14.6. The number of anilines is 9. The summed E-state index contributed by atoms with van der Waals surface area (Å²) in [6, 6.07) is 109. The summed E-state index contributed by atoms with van der Waals surface area (Å²) in [4.78, 5) is 18.0. The van der Waals surface area contributed by atoms with E-state index in [0.717, 1.165) is 83.5 Å². The molecule has 14 aromatic rings. The summed E-state index contributed by atoms with van der Waals surface area (Å²) in [5.74, 6) is 1.81. The molecule has 14 rings (SSSR count). The number of hydrogen-bond donors (Lipinski definition) is 1. The van der Waals surface area contributed by atoms with Crippen LogP contribution in [0.4, 0.5) is 60.0 Å². The minimum Gasteiger partial charge on any atom is -1.00 e. The molecule has 0 amide bonds. The van der Waals surface area contributed by atoms with E-state index in [0.29, 0.717) is 27.5 Å². The molecule has 0 aromatic heterocycles. The Kier molecular flexibility index (Phi) is 26.3. The van der Waals surface area contributed by atoms with E-state index in [9.17, 15) is 13.9 Å². The number of para-hydroxylation sites is 6. The minimum absolute atomic E-state index is 0. The van der Waals surface area contributed by atoms with Gasteiger partial charge in [-0.1, -0.05) is 194 Å². The molecule has 94 heavy (non-hydrogen) atoms. The molecule has 0 spiro atoms. The summed E-state index contributed by atoms with van der Waals surface area (Å²) < 4.78 is 38.7. The molecule has 0 bridgehead atoms. The zero-order valence-electron chi connectivity index (χ0n) is 52.1. The SMILES string of the molecule is Brc1c(Oc2cc(N(c3ccccc3)c3ccccc3)c3ccccc3c2)cccc1Oc1cc(N(c2ccccc2)c2ccccc2)c2ccccc2c1.Fc1cccc(F)c1Br.O=CO[O-].Oc1cc(N(c2ccccc2)c2ccccc2)c2ccccc2c1.[H-].[K+].[K+]. The van der Waals surface area contributed by atoms with Gasteiger partial charge in [-0.25, -0.2) is 8.78 Å². The molecule has 0 aliphatic carbocycles. The fraction of sp³-hybridized carbons (Fsp3) is 0. The molecule has 0 aliphatic heterocycles. The van der Waals surface area contributed by atoms with Crippen LogP contribution >= 0.6 is 31.9 Å². The summed E-state index contributed by atoms with van der Waals surface area (Å²) in [5, 5.41) is 25.1. The molecule has 454 valence electrons. The Labute approximate surface area is 647 Å². The second-order valence-electron chi connectivity index (χ2n) is 20.5. The predicted molar refractivity (Wildman–Crippen MR) is 374 cm³/mol.